The van der Waals surface area contributed by atoms with Crippen LogP contribution in [0.2, 0.25) is 0 Å². The molecule has 1 atom stereocenters. The van der Waals surface area contributed by atoms with E-state index in [1.54, 1.807) is 16.8 Å². The number of aryl methyl sites for hydroxylation is 1. The minimum atomic E-state index is -0.395. The van der Waals surface area contributed by atoms with Crippen molar-refractivity contribution in [1.29, 1.82) is 0 Å². The Labute approximate surface area is 111 Å². The number of non-ortho nitro benzene ring substituents is 1. The third-order valence-corrected chi connectivity index (χ3v) is 3.07. The molecule has 0 saturated heterocycles. The van der Waals surface area contributed by atoms with Gasteiger partial charge in [0.25, 0.3) is 5.69 Å². The van der Waals surface area contributed by atoms with Gasteiger partial charge in [0.05, 0.1) is 16.1 Å². The Bertz CT molecular complexity index is 606. The summed E-state index contributed by atoms with van der Waals surface area (Å²) in [6.45, 7) is 6.39. The Hall–Kier alpha value is -1.95. The average molecular weight is 263 g/mol. The van der Waals surface area contributed by atoms with Gasteiger partial charge in [-0.1, -0.05) is 6.92 Å². The molecule has 0 radical (unpaired) electrons. The van der Waals surface area contributed by atoms with E-state index in [1.807, 2.05) is 20.8 Å². The fourth-order valence-corrected chi connectivity index (χ4v) is 2.17. The van der Waals surface area contributed by atoms with Crippen LogP contribution in [0.15, 0.2) is 18.2 Å². The van der Waals surface area contributed by atoms with Crippen LogP contribution in [-0.4, -0.2) is 21.3 Å². The predicted octanol–water partition coefficient (Wildman–Crippen LogP) is 3.20. The molecule has 0 aliphatic heterocycles. The molecule has 2 rings (SSSR count). The van der Waals surface area contributed by atoms with Gasteiger partial charge in [-0.3, -0.25) is 10.1 Å². The standard InChI is InChI=1S/C13H17N3O3/c1-4-13(19-5-2)15-12-8-10(16(17)18)6-7-11(12)9(3)14-15/h6-8,13H,4-5H2,1-3H3. The molecule has 102 valence electrons. The highest BCUT2D eigenvalue weighted by Crippen LogP contribution is 2.27. The summed E-state index contributed by atoms with van der Waals surface area (Å²) in [6.07, 6.45) is 0.565. The molecule has 0 aliphatic rings. The second-order valence-electron chi connectivity index (χ2n) is 4.31. The molecule has 1 aromatic heterocycles. The lowest BCUT2D eigenvalue weighted by molar-refractivity contribution is -0.384. The van der Waals surface area contributed by atoms with E-state index in [1.165, 1.54) is 6.07 Å². The maximum absolute atomic E-state index is 10.9. The van der Waals surface area contributed by atoms with Crippen molar-refractivity contribution in [3.8, 4) is 0 Å². The number of nitro groups is 1. The monoisotopic (exact) mass is 263 g/mol. The number of nitro benzene ring substituents is 1. The molecule has 2 aromatic rings. The SMILES string of the molecule is CCOC(CC)n1nc(C)c2ccc([N+](=O)[O-])cc21. The molecular formula is C13H17N3O3. The van der Waals surface area contributed by atoms with E-state index in [4.69, 9.17) is 4.74 Å². The van der Waals surface area contributed by atoms with Gasteiger partial charge in [0, 0.05) is 24.1 Å². The Morgan fingerprint density at radius 1 is 1.47 bits per heavy atom. The number of hydrogen-bond acceptors (Lipinski definition) is 4. The number of fused-ring (bicyclic) bond motifs is 1. The first kappa shape index (κ1) is 13.5. The van der Waals surface area contributed by atoms with Crippen molar-refractivity contribution in [1.82, 2.24) is 9.78 Å². The zero-order chi connectivity index (χ0) is 14.0. The molecular weight excluding hydrogens is 246 g/mol. The van der Waals surface area contributed by atoms with Crippen LogP contribution < -0.4 is 0 Å². The van der Waals surface area contributed by atoms with Crippen molar-refractivity contribution < 1.29 is 9.66 Å². The third-order valence-electron chi connectivity index (χ3n) is 3.07. The smallest absolute Gasteiger partial charge is 0.271 e. The topological polar surface area (TPSA) is 70.2 Å². The lowest BCUT2D eigenvalue weighted by Gasteiger charge is -2.16. The van der Waals surface area contributed by atoms with Crippen molar-refractivity contribution in [2.75, 3.05) is 6.61 Å². The number of nitrogens with zero attached hydrogens (tertiary/aromatic N) is 3. The summed E-state index contributed by atoms with van der Waals surface area (Å²) in [4.78, 5) is 10.5. The first-order chi connectivity index (χ1) is 9.08. The molecule has 0 N–H and O–H groups in total. The van der Waals surface area contributed by atoms with Crippen LogP contribution in [0.5, 0.6) is 0 Å². The molecule has 0 amide bonds. The molecule has 1 heterocycles. The van der Waals surface area contributed by atoms with Gasteiger partial charge < -0.3 is 4.74 Å². The van der Waals surface area contributed by atoms with Gasteiger partial charge in [0.1, 0.15) is 0 Å². The molecule has 0 spiro atoms. The van der Waals surface area contributed by atoms with Gasteiger partial charge in [0.2, 0.25) is 0 Å². The van der Waals surface area contributed by atoms with Gasteiger partial charge in [-0.25, -0.2) is 4.68 Å². The molecule has 0 bridgehead atoms. The van der Waals surface area contributed by atoms with Crippen LogP contribution in [-0.2, 0) is 4.74 Å². The summed E-state index contributed by atoms with van der Waals surface area (Å²) in [5, 5.41) is 16.2. The number of aromatic nitrogens is 2. The largest absolute Gasteiger partial charge is 0.357 e. The number of benzene rings is 1. The van der Waals surface area contributed by atoms with Gasteiger partial charge >= 0.3 is 0 Å². The van der Waals surface area contributed by atoms with Crippen molar-refractivity contribution >= 4 is 16.6 Å². The summed E-state index contributed by atoms with van der Waals surface area (Å²) in [6, 6.07) is 4.80. The molecule has 0 saturated carbocycles. The van der Waals surface area contributed by atoms with Crippen LogP contribution >= 0.6 is 0 Å². The fraction of sp³-hybridized carbons (Fsp3) is 0.462. The number of ether oxygens (including phenoxy) is 1. The van der Waals surface area contributed by atoms with Crippen LogP contribution in [0.1, 0.15) is 32.2 Å². The maximum atomic E-state index is 10.9. The average Bonchev–Trinajstić information content (AvgIpc) is 2.73. The van der Waals surface area contributed by atoms with E-state index in [0.717, 1.165) is 23.0 Å². The first-order valence-electron chi connectivity index (χ1n) is 6.33. The van der Waals surface area contributed by atoms with Crippen LogP contribution in [0.4, 0.5) is 5.69 Å². The first-order valence-corrected chi connectivity index (χ1v) is 6.33. The van der Waals surface area contributed by atoms with Gasteiger partial charge in [-0.05, 0) is 26.3 Å². The summed E-state index contributed by atoms with van der Waals surface area (Å²) in [7, 11) is 0. The highest BCUT2D eigenvalue weighted by atomic mass is 16.6. The van der Waals surface area contributed by atoms with E-state index in [-0.39, 0.29) is 11.9 Å². The van der Waals surface area contributed by atoms with Crippen molar-refractivity contribution in [3.05, 3.63) is 34.0 Å². The molecule has 19 heavy (non-hydrogen) atoms. The highest BCUT2D eigenvalue weighted by Gasteiger charge is 2.17. The van der Waals surface area contributed by atoms with E-state index < -0.39 is 4.92 Å². The van der Waals surface area contributed by atoms with E-state index >= 15 is 0 Å². The highest BCUT2D eigenvalue weighted by molar-refractivity contribution is 5.84. The molecule has 0 aliphatic carbocycles. The van der Waals surface area contributed by atoms with Gasteiger partial charge in [-0.2, -0.15) is 5.10 Å². The molecule has 0 fully saturated rings. The quantitative estimate of drug-likeness (QED) is 0.613. The number of hydrogen-bond donors (Lipinski definition) is 0. The summed E-state index contributed by atoms with van der Waals surface area (Å²) >= 11 is 0. The normalized spacial score (nSPS) is 12.8. The lowest BCUT2D eigenvalue weighted by Crippen LogP contribution is -2.13. The van der Waals surface area contributed by atoms with Crippen molar-refractivity contribution in [2.45, 2.75) is 33.4 Å². The van der Waals surface area contributed by atoms with Crippen LogP contribution in [0.3, 0.4) is 0 Å². The second kappa shape index (κ2) is 5.36. The number of rotatable bonds is 5. The fourth-order valence-electron chi connectivity index (χ4n) is 2.17. The minimum absolute atomic E-state index is 0.0694. The third kappa shape index (κ3) is 2.44. The van der Waals surface area contributed by atoms with Gasteiger partial charge in [-0.15, -0.1) is 0 Å². The molecule has 1 unspecified atom stereocenters. The Morgan fingerprint density at radius 3 is 2.79 bits per heavy atom. The van der Waals surface area contributed by atoms with Crippen molar-refractivity contribution in [3.63, 3.8) is 0 Å². The van der Waals surface area contributed by atoms with E-state index in [2.05, 4.69) is 5.10 Å². The predicted molar refractivity (Wildman–Crippen MR) is 72.1 cm³/mol. The van der Waals surface area contributed by atoms with Gasteiger partial charge in [0.15, 0.2) is 6.23 Å². The zero-order valence-corrected chi connectivity index (χ0v) is 11.3. The van der Waals surface area contributed by atoms with Crippen LogP contribution in [0.25, 0.3) is 10.9 Å². The Kier molecular flexibility index (Phi) is 3.80. The summed E-state index contributed by atoms with van der Waals surface area (Å²) < 4.78 is 7.37. The minimum Gasteiger partial charge on any atom is -0.357 e. The van der Waals surface area contributed by atoms with Crippen molar-refractivity contribution in [2.24, 2.45) is 0 Å². The Balaban J connectivity index is 2.59. The molecule has 6 nitrogen and oxygen atoms in total. The lowest BCUT2D eigenvalue weighted by atomic mass is 10.2. The molecule has 6 heteroatoms. The summed E-state index contributed by atoms with van der Waals surface area (Å²) in [5.74, 6) is 0. The molecule has 1 aromatic carbocycles. The summed E-state index contributed by atoms with van der Waals surface area (Å²) in [5.41, 5.74) is 1.66. The van der Waals surface area contributed by atoms with E-state index in [9.17, 15) is 10.1 Å². The maximum Gasteiger partial charge on any atom is 0.271 e. The van der Waals surface area contributed by atoms with E-state index in [0.29, 0.717) is 6.61 Å². The van der Waals surface area contributed by atoms with Crippen LogP contribution in [0, 0.1) is 17.0 Å². The Morgan fingerprint density at radius 2 is 2.21 bits per heavy atom. The zero-order valence-electron chi connectivity index (χ0n) is 11.3. The second-order valence-corrected chi connectivity index (χ2v) is 4.31.